The largest absolute Gasteiger partial charge is 0.396 e. The minimum atomic E-state index is -0.523. The zero-order chi connectivity index (χ0) is 16.2. The number of rotatable bonds is 7. The molecule has 0 unspecified atom stereocenters. The van der Waals surface area contributed by atoms with Gasteiger partial charge in [-0.2, -0.15) is 0 Å². The summed E-state index contributed by atoms with van der Waals surface area (Å²) in [7, 11) is 1.93. The lowest BCUT2D eigenvalue weighted by atomic mass is 9.92. The van der Waals surface area contributed by atoms with Gasteiger partial charge in [-0.25, -0.2) is 9.37 Å². The van der Waals surface area contributed by atoms with Crippen LogP contribution in [0, 0.1) is 11.2 Å². The van der Waals surface area contributed by atoms with Gasteiger partial charge in [0.25, 0.3) is 0 Å². The average Bonchev–Trinajstić information content (AvgIpc) is 2.96. The van der Waals surface area contributed by atoms with E-state index in [-0.39, 0.29) is 19.0 Å². The quantitative estimate of drug-likeness (QED) is 0.821. The van der Waals surface area contributed by atoms with Gasteiger partial charge in [-0.1, -0.05) is 6.92 Å². The van der Waals surface area contributed by atoms with E-state index in [1.165, 1.54) is 23.5 Å². The molecular weight excluding hydrogens is 303 g/mol. The summed E-state index contributed by atoms with van der Waals surface area (Å²) in [4.78, 5) is 6.58. The van der Waals surface area contributed by atoms with Crippen molar-refractivity contribution in [2.24, 2.45) is 5.41 Å². The summed E-state index contributed by atoms with van der Waals surface area (Å²) in [5, 5.41) is 21.5. The van der Waals surface area contributed by atoms with Gasteiger partial charge >= 0.3 is 0 Å². The maximum Gasteiger partial charge on any atom is 0.123 e. The monoisotopic (exact) mass is 324 g/mol. The van der Waals surface area contributed by atoms with Gasteiger partial charge in [0.1, 0.15) is 10.8 Å². The molecule has 2 rings (SSSR count). The van der Waals surface area contributed by atoms with Crippen LogP contribution in [0.25, 0.3) is 10.6 Å². The SMILES string of the molecule is CN(Cc1csc(-c2ccc(F)cc2)n1)CC(C)(CO)CO. The van der Waals surface area contributed by atoms with E-state index in [0.717, 1.165) is 16.3 Å². The van der Waals surface area contributed by atoms with Crippen molar-refractivity contribution in [2.45, 2.75) is 13.5 Å². The van der Waals surface area contributed by atoms with E-state index in [4.69, 9.17) is 0 Å². The molecular formula is C16H21FN2O2S. The van der Waals surface area contributed by atoms with E-state index in [9.17, 15) is 14.6 Å². The molecule has 0 atom stereocenters. The van der Waals surface area contributed by atoms with Gasteiger partial charge in [-0.05, 0) is 31.3 Å². The second-order valence-electron chi connectivity index (χ2n) is 5.95. The summed E-state index contributed by atoms with van der Waals surface area (Å²) in [6.07, 6.45) is 0. The Bertz CT molecular complexity index is 596. The van der Waals surface area contributed by atoms with Crippen LogP contribution in [0.4, 0.5) is 4.39 Å². The molecule has 0 saturated heterocycles. The minimum absolute atomic E-state index is 0.0638. The van der Waals surface area contributed by atoms with Crippen LogP contribution in [-0.4, -0.2) is 46.9 Å². The molecule has 0 spiro atoms. The van der Waals surface area contributed by atoms with E-state index in [2.05, 4.69) is 4.98 Å². The van der Waals surface area contributed by atoms with E-state index < -0.39 is 5.41 Å². The summed E-state index contributed by atoms with van der Waals surface area (Å²) in [6, 6.07) is 6.29. The molecule has 0 radical (unpaired) electrons. The number of aliphatic hydroxyl groups is 2. The van der Waals surface area contributed by atoms with E-state index >= 15 is 0 Å². The van der Waals surface area contributed by atoms with Crippen LogP contribution in [0.15, 0.2) is 29.6 Å². The normalized spacial score (nSPS) is 12.1. The molecule has 4 nitrogen and oxygen atoms in total. The summed E-state index contributed by atoms with van der Waals surface area (Å²) >= 11 is 1.52. The lowest BCUT2D eigenvalue weighted by molar-refractivity contribution is 0.0399. The summed E-state index contributed by atoms with van der Waals surface area (Å²) in [6.45, 7) is 2.92. The molecule has 1 aromatic carbocycles. The molecule has 6 heteroatoms. The Morgan fingerprint density at radius 3 is 2.45 bits per heavy atom. The molecule has 0 saturated carbocycles. The van der Waals surface area contributed by atoms with Crippen molar-refractivity contribution < 1.29 is 14.6 Å². The molecule has 0 aliphatic heterocycles. The van der Waals surface area contributed by atoms with Crippen molar-refractivity contribution in [2.75, 3.05) is 26.8 Å². The van der Waals surface area contributed by atoms with Gasteiger partial charge in [0.15, 0.2) is 0 Å². The lowest BCUT2D eigenvalue weighted by Gasteiger charge is -2.29. The first-order valence-electron chi connectivity index (χ1n) is 7.06. The zero-order valence-electron chi connectivity index (χ0n) is 12.8. The van der Waals surface area contributed by atoms with Crippen molar-refractivity contribution >= 4 is 11.3 Å². The second kappa shape index (κ2) is 7.28. The fourth-order valence-electron chi connectivity index (χ4n) is 2.24. The first-order chi connectivity index (χ1) is 10.5. The van der Waals surface area contributed by atoms with Crippen LogP contribution in [0.1, 0.15) is 12.6 Å². The molecule has 120 valence electrons. The van der Waals surface area contributed by atoms with E-state index in [1.807, 2.05) is 24.3 Å². The minimum Gasteiger partial charge on any atom is -0.396 e. The molecule has 0 bridgehead atoms. The van der Waals surface area contributed by atoms with Crippen molar-refractivity contribution in [3.05, 3.63) is 41.2 Å². The van der Waals surface area contributed by atoms with Gasteiger partial charge in [-0.15, -0.1) is 11.3 Å². The first-order valence-corrected chi connectivity index (χ1v) is 7.94. The fourth-order valence-corrected chi connectivity index (χ4v) is 3.06. The molecule has 0 aliphatic rings. The molecule has 0 amide bonds. The Labute approximate surface area is 133 Å². The van der Waals surface area contributed by atoms with Gasteiger partial charge in [0.05, 0.1) is 18.9 Å². The maximum absolute atomic E-state index is 12.9. The Hall–Kier alpha value is -1.34. The van der Waals surface area contributed by atoms with Gasteiger partial charge in [0, 0.05) is 29.4 Å². The van der Waals surface area contributed by atoms with E-state index in [0.29, 0.717) is 13.1 Å². The number of hydrogen-bond donors (Lipinski definition) is 2. The molecule has 2 aromatic rings. The number of thiazole rings is 1. The predicted molar refractivity (Wildman–Crippen MR) is 86.1 cm³/mol. The summed E-state index contributed by atoms with van der Waals surface area (Å²) in [5.74, 6) is -0.257. The summed E-state index contributed by atoms with van der Waals surface area (Å²) < 4.78 is 12.9. The fraction of sp³-hybridized carbons (Fsp3) is 0.438. The molecule has 1 aromatic heterocycles. The Kier molecular flexibility index (Phi) is 5.63. The van der Waals surface area contributed by atoms with Gasteiger partial charge in [0.2, 0.25) is 0 Å². The topological polar surface area (TPSA) is 56.6 Å². The number of nitrogens with zero attached hydrogens (tertiary/aromatic N) is 2. The Balaban J connectivity index is 2.01. The van der Waals surface area contributed by atoms with Gasteiger partial charge < -0.3 is 10.2 Å². The Morgan fingerprint density at radius 1 is 1.23 bits per heavy atom. The zero-order valence-corrected chi connectivity index (χ0v) is 13.6. The smallest absolute Gasteiger partial charge is 0.123 e. The van der Waals surface area contributed by atoms with Crippen LogP contribution in [0.3, 0.4) is 0 Å². The van der Waals surface area contributed by atoms with Crippen molar-refractivity contribution in [1.29, 1.82) is 0 Å². The van der Waals surface area contributed by atoms with Gasteiger partial charge in [-0.3, -0.25) is 4.90 Å². The van der Waals surface area contributed by atoms with Crippen LogP contribution in [-0.2, 0) is 6.54 Å². The number of benzene rings is 1. The maximum atomic E-state index is 12.9. The number of hydrogen-bond acceptors (Lipinski definition) is 5. The van der Waals surface area contributed by atoms with Crippen molar-refractivity contribution in [3.8, 4) is 10.6 Å². The third-order valence-corrected chi connectivity index (χ3v) is 4.43. The number of halogens is 1. The van der Waals surface area contributed by atoms with Crippen LogP contribution in [0.2, 0.25) is 0 Å². The van der Waals surface area contributed by atoms with E-state index in [1.54, 1.807) is 12.1 Å². The number of aliphatic hydroxyl groups excluding tert-OH is 2. The molecule has 0 fully saturated rings. The van der Waals surface area contributed by atoms with Crippen LogP contribution >= 0.6 is 11.3 Å². The first kappa shape index (κ1) is 17.0. The molecule has 1 heterocycles. The van der Waals surface area contributed by atoms with Crippen LogP contribution < -0.4 is 0 Å². The highest BCUT2D eigenvalue weighted by atomic mass is 32.1. The highest BCUT2D eigenvalue weighted by Gasteiger charge is 2.24. The third-order valence-electron chi connectivity index (χ3n) is 3.49. The molecule has 22 heavy (non-hydrogen) atoms. The number of aromatic nitrogens is 1. The van der Waals surface area contributed by atoms with Crippen molar-refractivity contribution in [1.82, 2.24) is 9.88 Å². The predicted octanol–water partition coefficient (Wildman–Crippen LogP) is 2.37. The Morgan fingerprint density at radius 2 is 1.86 bits per heavy atom. The summed E-state index contributed by atoms with van der Waals surface area (Å²) in [5.41, 5.74) is 1.30. The molecule has 2 N–H and O–H groups in total. The highest BCUT2D eigenvalue weighted by Crippen LogP contribution is 2.25. The second-order valence-corrected chi connectivity index (χ2v) is 6.81. The standard InChI is InChI=1S/C16H21FN2O2S/c1-16(10-20,11-21)9-19(2)7-14-8-22-15(18-14)12-3-5-13(17)6-4-12/h3-6,8,20-21H,7,9-11H2,1-2H3. The van der Waals surface area contributed by atoms with Crippen molar-refractivity contribution in [3.63, 3.8) is 0 Å². The average molecular weight is 324 g/mol. The molecule has 0 aliphatic carbocycles. The highest BCUT2D eigenvalue weighted by molar-refractivity contribution is 7.13. The van der Waals surface area contributed by atoms with Crippen LogP contribution in [0.5, 0.6) is 0 Å². The third kappa shape index (κ3) is 4.33. The lowest BCUT2D eigenvalue weighted by Crippen LogP contribution is -2.38.